The van der Waals surface area contributed by atoms with Gasteiger partial charge in [-0.25, -0.2) is 9.38 Å². The maximum atomic E-state index is 14.7. The highest BCUT2D eigenvalue weighted by molar-refractivity contribution is 6.40. The number of nitriles is 1. The van der Waals surface area contributed by atoms with Crippen molar-refractivity contribution >= 4 is 46.9 Å². The van der Waals surface area contributed by atoms with Crippen molar-refractivity contribution in [3.63, 3.8) is 0 Å². The quantitative estimate of drug-likeness (QED) is 0.487. The molecule has 1 unspecified atom stereocenters. The first-order valence-electron chi connectivity index (χ1n) is 12.5. The second-order valence-corrected chi connectivity index (χ2v) is 9.72. The van der Waals surface area contributed by atoms with E-state index in [1.165, 1.54) is 31.2 Å². The number of nitrogens with one attached hydrogen (secondary N) is 2. The average Bonchev–Trinajstić information content (AvgIpc) is 3.36. The molecule has 2 aromatic rings. The van der Waals surface area contributed by atoms with Crippen LogP contribution in [-0.2, 0) is 9.59 Å². The molecule has 41 heavy (non-hydrogen) atoms. The van der Waals surface area contributed by atoms with Crippen LogP contribution in [0.2, 0.25) is 5.02 Å². The number of hydrogen-bond acceptors (Lipinski definition) is 8. The van der Waals surface area contributed by atoms with E-state index in [0.717, 1.165) is 12.3 Å². The van der Waals surface area contributed by atoms with Crippen LogP contribution in [0.3, 0.4) is 0 Å². The van der Waals surface area contributed by atoms with Gasteiger partial charge in [0.25, 0.3) is 11.8 Å². The minimum atomic E-state index is -1.68. The van der Waals surface area contributed by atoms with Crippen molar-refractivity contribution in [3.8, 4) is 11.8 Å². The number of halogens is 3. The lowest BCUT2D eigenvalue weighted by Gasteiger charge is -2.35. The van der Waals surface area contributed by atoms with Crippen LogP contribution >= 0.6 is 11.6 Å². The average molecular weight is 586 g/mol. The number of anilines is 1. The molecular formula is C27H26ClF2N7O4. The molecule has 4 rings (SSSR count). The SMILES string of the molecule is CNCC(=O)N1CCN(C(=O)c2ccc(NC(=O)C3(C)N=CC(c4ccc(OCC#N)c(F)c4F)=N3)cc2Cl)CC1. The van der Waals surface area contributed by atoms with Gasteiger partial charge in [0.1, 0.15) is 6.07 Å². The first-order chi connectivity index (χ1) is 19.6. The highest BCUT2D eigenvalue weighted by Gasteiger charge is 2.37. The van der Waals surface area contributed by atoms with Crippen LogP contribution in [0.1, 0.15) is 22.8 Å². The van der Waals surface area contributed by atoms with Gasteiger partial charge in [-0.1, -0.05) is 11.6 Å². The molecule has 1 atom stereocenters. The second-order valence-electron chi connectivity index (χ2n) is 9.31. The van der Waals surface area contributed by atoms with Gasteiger partial charge in [-0.2, -0.15) is 9.65 Å². The molecule has 2 aliphatic rings. The number of carbonyl (C=O) groups is 3. The van der Waals surface area contributed by atoms with Crippen LogP contribution < -0.4 is 15.4 Å². The van der Waals surface area contributed by atoms with E-state index in [4.69, 9.17) is 21.6 Å². The lowest BCUT2D eigenvalue weighted by atomic mass is 10.1. The molecule has 0 spiro atoms. The minimum absolute atomic E-state index is 0.0358. The molecule has 3 amide bonds. The van der Waals surface area contributed by atoms with Crippen molar-refractivity contribution in [2.75, 3.05) is 51.7 Å². The number of nitrogens with zero attached hydrogens (tertiary/aromatic N) is 5. The van der Waals surface area contributed by atoms with Crippen LogP contribution in [0.5, 0.6) is 5.75 Å². The summed E-state index contributed by atoms with van der Waals surface area (Å²) < 4.78 is 33.9. The number of rotatable bonds is 8. The summed E-state index contributed by atoms with van der Waals surface area (Å²) in [6, 6.07) is 8.46. The molecule has 1 fully saturated rings. The Morgan fingerprint density at radius 3 is 2.49 bits per heavy atom. The molecule has 0 radical (unpaired) electrons. The number of amides is 3. The molecule has 0 bridgehead atoms. The summed E-state index contributed by atoms with van der Waals surface area (Å²) in [6.07, 6.45) is 1.16. The largest absolute Gasteiger partial charge is 0.476 e. The number of carbonyl (C=O) groups excluding carboxylic acids is 3. The van der Waals surface area contributed by atoms with Crippen LogP contribution in [0, 0.1) is 23.0 Å². The van der Waals surface area contributed by atoms with E-state index in [1.54, 1.807) is 22.9 Å². The Labute approximate surface area is 239 Å². The lowest BCUT2D eigenvalue weighted by molar-refractivity contribution is -0.131. The Balaban J connectivity index is 1.42. The Morgan fingerprint density at radius 1 is 1.12 bits per heavy atom. The third kappa shape index (κ3) is 6.34. The molecule has 2 heterocycles. The van der Waals surface area contributed by atoms with Crippen molar-refractivity contribution in [1.82, 2.24) is 15.1 Å². The van der Waals surface area contributed by atoms with E-state index < -0.39 is 35.6 Å². The number of hydrogen-bond donors (Lipinski definition) is 2. The van der Waals surface area contributed by atoms with Crippen LogP contribution in [-0.4, -0.2) is 91.5 Å². The molecule has 0 saturated carbocycles. The summed E-state index contributed by atoms with van der Waals surface area (Å²) in [5.74, 6) is -3.98. The van der Waals surface area contributed by atoms with Gasteiger partial charge in [0.15, 0.2) is 18.2 Å². The van der Waals surface area contributed by atoms with Crippen molar-refractivity contribution in [3.05, 3.63) is 58.1 Å². The van der Waals surface area contributed by atoms with Gasteiger partial charge in [-0.3, -0.25) is 19.4 Å². The molecule has 0 aromatic heterocycles. The summed E-state index contributed by atoms with van der Waals surface area (Å²) in [6.45, 7) is 2.72. The molecule has 0 aliphatic carbocycles. The minimum Gasteiger partial charge on any atom is -0.476 e. The van der Waals surface area contributed by atoms with E-state index in [0.29, 0.717) is 26.2 Å². The fraction of sp³-hybridized carbons (Fsp3) is 0.333. The van der Waals surface area contributed by atoms with Gasteiger partial charge >= 0.3 is 0 Å². The maximum Gasteiger partial charge on any atom is 0.274 e. The third-order valence-corrected chi connectivity index (χ3v) is 6.84. The summed E-state index contributed by atoms with van der Waals surface area (Å²) in [5, 5.41) is 14.1. The first-order valence-corrected chi connectivity index (χ1v) is 12.9. The molecule has 2 N–H and O–H groups in total. The van der Waals surface area contributed by atoms with Gasteiger partial charge in [-0.05, 0) is 44.3 Å². The standard InChI is InChI=1S/C27H26ClF2N7O4/c1-27(33-14-20(35-27)18-5-6-21(41-12-7-31)24(30)23(18)29)26(40)34-16-3-4-17(19(28)13-16)25(39)37-10-8-36(9-11-37)22(38)15-32-2/h3-6,13-14,32H,8-12,15H2,1-2H3,(H,34,40). The Bertz CT molecular complexity index is 1480. The zero-order valence-corrected chi connectivity index (χ0v) is 23.0. The van der Waals surface area contributed by atoms with Crippen molar-refractivity contribution in [1.29, 1.82) is 5.26 Å². The van der Waals surface area contributed by atoms with Crippen molar-refractivity contribution in [2.24, 2.45) is 9.98 Å². The van der Waals surface area contributed by atoms with Gasteiger partial charge in [-0.15, -0.1) is 0 Å². The van der Waals surface area contributed by atoms with E-state index in [-0.39, 0.29) is 45.9 Å². The Hall–Kier alpha value is -4.41. The molecule has 1 saturated heterocycles. The molecule has 2 aliphatic heterocycles. The topological polar surface area (TPSA) is 139 Å². The summed E-state index contributed by atoms with van der Waals surface area (Å²) in [4.78, 5) is 49.7. The second kappa shape index (κ2) is 12.4. The normalized spacial score (nSPS) is 18.1. The van der Waals surface area contributed by atoms with Gasteiger partial charge in [0, 0.05) is 37.4 Å². The van der Waals surface area contributed by atoms with E-state index in [2.05, 4.69) is 20.6 Å². The molecular weight excluding hydrogens is 560 g/mol. The number of piperazine rings is 1. The fourth-order valence-corrected chi connectivity index (χ4v) is 4.54. The highest BCUT2D eigenvalue weighted by Crippen LogP contribution is 2.28. The Kier molecular flexibility index (Phi) is 8.95. The molecule has 2 aromatic carbocycles. The summed E-state index contributed by atoms with van der Waals surface area (Å²) >= 11 is 6.39. The zero-order chi connectivity index (χ0) is 29.7. The first kappa shape index (κ1) is 29.6. The van der Waals surface area contributed by atoms with Crippen LogP contribution in [0.25, 0.3) is 0 Å². The third-order valence-electron chi connectivity index (χ3n) is 6.53. The van der Waals surface area contributed by atoms with E-state index >= 15 is 0 Å². The maximum absolute atomic E-state index is 14.7. The lowest BCUT2D eigenvalue weighted by Crippen LogP contribution is -2.52. The number of aliphatic imine (C=N–C) groups is 2. The van der Waals surface area contributed by atoms with Crippen LogP contribution in [0.4, 0.5) is 14.5 Å². The molecule has 214 valence electrons. The highest BCUT2D eigenvalue weighted by atomic mass is 35.5. The summed E-state index contributed by atoms with van der Waals surface area (Å²) in [7, 11) is 1.69. The van der Waals surface area contributed by atoms with Crippen molar-refractivity contribution < 1.29 is 27.9 Å². The van der Waals surface area contributed by atoms with Crippen molar-refractivity contribution in [2.45, 2.75) is 12.6 Å². The predicted octanol–water partition coefficient (Wildman–Crippen LogP) is 2.25. The monoisotopic (exact) mass is 585 g/mol. The summed E-state index contributed by atoms with van der Waals surface area (Å²) in [5.41, 5.74) is -1.46. The van der Waals surface area contributed by atoms with E-state index in [9.17, 15) is 23.2 Å². The number of ether oxygens (including phenoxy) is 1. The fourth-order valence-electron chi connectivity index (χ4n) is 4.28. The zero-order valence-electron chi connectivity index (χ0n) is 22.2. The molecule has 11 nitrogen and oxygen atoms in total. The number of likely N-dealkylation sites (N-methyl/N-ethyl adjacent to an activating group) is 1. The van der Waals surface area contributed by atoms with Gasteiger partial charge in [0.05, 0.1) is 29.1 Å². The van der Waals surface area contributed by atoms with Crippen LogP contribution in [0.15, 0.2) is 40.3 Å². The number of benzene rings is 2. The van der Waals surface area contributed by atoms with Gasteiger partial charge < -0.3 is 25.2 Å². The van der Waals surface area contributed by atoms with Gasteiger partial charge in [0.2, 0.25) is 17.4 Å². The smallest absolute Gasteiger partial charge is 0.274 e. The van der Waals surface area contributed by atoms with E-state index in [1.807, 2.05) is 0 Å². The Morgan fingerprint density at radius 2 is 1.83 bits per heavy atom. The predicted molar refractivity (Wildman–Crippen MR) is 147 cm³/mol. The molecule has 14 heteroatoms.